The van der Waals surface area contributed by atoms with E-state index in [0.717, 1.165) is 11.8 Å². The molecule has 34 valence electrons. The van der Waals surface area contributed by atoms with E-state index < -0.39 is 6.67 Å². The molecule has 0 amide bonds. The van der Waals surface area contributed by atoms with E-state index in [-0.39, 0.29) is 0 Å². The molecule has 0 aromatic rings. The Morgan fingerprint density at radius 3 is 2.67 bits per heavy atom. The highest BCUT2D eigenvalue weighted by Gasteiger charge is 1.77. The van der Waals surface area contributed by atoms with Crippen LogP contribution in [-0.2, 0) is 0 Å². The van der Waals surface area contributed by atoms with Crippen LogP contribution in [0, 0.1) is 10.7 Å². The van der Waals surface area contributed by atoms with Gasteiger partial charge in [0.15, 0.2) is 0 Å². The summed E-state index contributed by atoms with van der Waals surface area (Å²) in [6, 6.07) is 0. The Kier molecular flexibility index (Phi) is 4.59. The zero-order valence-electron chi connectivity index (χ0n) is 3.15. The third-order valence-corrected chi connectivity index (χ3v) is 0.731. The first-order valence-corrected chi connectivity index (χ1v) is 2.47. The van der Waals surface area contributed by atoms with Crippen LogP contribution in [0.2, 0.25) is 0 Å². The zero-order valence-corrected chi connectivity index (χ0v) is 3.96. The maximum absolute atomic E-state index is 11.0. The summed E-state index contributed by atoms with van der Waals surface area (Å²) in [5, 5.41) is 9.49. The molecular weight excluding hydrogens is 101 g/mol. The molecule has 0 aromatic heterocycles. The smallest absolute Gasteiger partial charge is 0.133 e. The first-order chi connectivity index (χ1) is 2.91. The van der Waals surface area contributed by atoms with E-state index in [0.29, 0.717) is 5.75 Å². The molecule has 0 heterocycles. The summed E-state index contributed by atoms with van der Waals surface area (Å²) in [5.74, 6) is 0.302. The van der Waals surface area contributed by atoms with Gasteiger partial charge in [-0.05, 0) is 11.8 Å². The van der Waals surface area contributed by atoms with Gasteiger partial charge in [0.1, 0.15) is 5.40 Å². The second-order valence-electron chi connectivity index (χ2n) is 0.629. The minimum atomic E-state index is -0.405. The number of hydrogen-bond acceptors (Lipinski definition) is 2. The first-order valence-electron chi connectivity index (χ1n) is 1.48. The normalized spacial score (nSPS) is 7.33. The molecule has 0 aliphatic carbocycles. The van der Waals surface area contributed by atoms with Gasteiger partial charge < -0.3 is 0 Å². The molecule has 1 nitrogen and oxygen atoms in total. The largest absolute Gasteiger partial charge is 0.250 e. The molecular formula is C3H4FNS. The first kappa shape index (κ1) is 5.77. The average Bonchev–Trinajstić information content (AvgIpc) is 1.61. The summed E-state index contributed by atoms with van der Waals surface area (Å²) in [6.45, 7) is -0.405. The van der Waals surface area contributed by atoms with Crippen LogP contribution in [0.25, 0.3) is 0 Å². The van der Waals surface area contributed by atoms with E-state index in [1.54, 1.807) is 5.40 Å². The van der Waals surface area contributed by atoms with E-state index in [1.807, 2.05) is 0 Å². The molecule has 0 radical (unpaired) electrons. The fourth-order valence-corrected chi connectivity index (χ4v) is 0.253. The topological polar surface area (TPSA) is 23.8 Å². The number of hydrogen-bond donors (Lipinski definition) is 0. The molecule has 0 saturated carbocycles. The zero-order chi connectivity index (χ0) is 4.83. The van der Waals surface area contributed by atoms with Crippen molar-refractivity contribution in [2.75, 3.05) is 12.4 Å². The lowest BCUT2D eigenvalue weighted by molar-refractivity contribution is 0.533. The molecule has 0 N–H and O–H groups in total. The Bertz CT molecular complexity index is 58.3. The number of alkyl halides is 1. The monoisotopic (exact) mass is 105 g/mol. The van der Waals surface area contributed by atoms with Crippen LogP contribution in [0.5, 0.6) is 0 Å². The lowest BCUT2D eigenvalue weighted by Crippen LogP contribution is -1.73. The minimum Gasteiger partial charge on any atom is -0.250 e. The summed E-state index contributed by atoms with van der Waals surface area (Å²) in [4.78, 5) is 0. The van der Waals surface area contributed by atoms with Gasteiger partial charge in [-0.2, -0.15) is 5.26 Å². The van der Waals surface area contributed by atoms with Gasteiger partial charge in [0.25, 0.3) is 0 Å². The molecule has 0 bridgehead atoms. The molecule has 0 aliphatic rings. The standard InChI is InChI=1S/C3H4FNS/c4-1-2-6-3-5/h1-2H2. The Balaban J connectivity index is 2.54. The van der Waals surface area contributed by atoms with Crippen molar-refractivity contribution >= 4 is 11.8 Å². The van der Waals surface area contributed by atoms with Crippen LogP contribution < -0.4 is 0 Å². The minimum absolute atomic E-state index is 0.302. The van der Waals surface area contributed by atoms with E-state index in [9.17, 15) is 4.39 Å². The van der Waals surface area contributed by atoms with Crippen molar-refractivity contribution in [1.29, 1.82) is 5.26 Å². The highest BCUT2D eigenvalue weighted by atomic mass is 32.2. The molecule has 0 aliphatic heterocycles. The van der Waals surface area contributed by atoms with Crippen molar-refractivity contribution in [1.82, 2.24) is 0 Å². The van der Waals surface area contributed by atoms with Crippen molar-refractivity contribution < 1.29 is 4.39 Å². The van der Waals surface area contributed by atoms with Gasteiger partial charge >= 0.3 is 0 Å². The summed E-state index contributed by atoms with van der Waals surface area (Å²) in [7, 11) is 0. The number of nitriles is 1. The quantitative estimate of drug-likeness (QED) is 0.389. The van der Waals surface area contributed by atoms with Crippen LogP contribution >= 0.6 is 11.8 Å². The Morgan fingerprint density at radius 1 is 1.83 bits per heavy atom. The molecule has 0 rings (SSSR count). The Labute approximate surface area is 40.2 Å². The lowest BCUT2D eigenvalue weighted by atomic mass is 10.9. The summed E-state index contributed by atoms with van der Waals surface area (Å²) in [6.07, 6.45) is 0. The van der Waals surface area contributed by atoms with Crippen molar-refractivity contribution in [2.45, 2.75) is 0 Å². The third kappa shape index (κ3) is 3.77. The molecule has 6 heavy (non-hydrogen) atoms. The summed E-state index contributed by atoms with van der Waals surface area (Å²) < 4.78 is 11.0. The number of nitrogens with zero attached hydrogens (tertiary/aromatic N) is 1. The molecule has 0 aromatic carbocycles. The van der Waals surface area contributed by atoms with Crippen molar-refractivity contribution in [3.63, 3.8) is 0 Å². The predicted molar refractivity (Wildman–Crippen MR) is 24.0 cm³/mol. The predicted octanol–water partition coefficient (Wildman–Crippen LogP) is 1.17. The van der Waals surface area contributed by atoms with Crippen molar-refractivity contribution in [3.05, 3.63) is 0 Å². The second-order valence-corrected chi connectivity index (χ2v) is 1.51. The van der Waals surface area contributed by atoms with Gasteiger partial charge in [0, 0.05) is 5.75 Å². The molecule has 0 spiro atoms. The number of thioether (sulfide) groups is 1. The van der Waals surface area contributed by atoms with Crippen molar-refractivity contribution in [2.24, 2.45) is 0 Å². The summed E-state index contributed by atoms with van der Waals surface area (Å²) in [5.41, 5.74) is 0. The third-order valence-electron chi connectivity index (χ3n) is 0.244. The highest BCUT2D eigenvalue weighted by Crippen LogP contribution is 1.92. The fraction of sp³-hybridized carbons (Fsp3) is 0.667. The molecule has 0 unspecified atom stereocenters. The maximum atomic E-state index is 11.0. The van der Waals surface area contributed by atoms with E-state index in [1.165, 1.54) is 0 Å². The molecule has 3 heteroatoms. The van der Waals surface area contributed by atoms with Crippen LogP contribution in [0.1, 0.15) is 0 Å². The fourth-order valence-electron chi connectivity index (χ4n) is 0.0842. The number of rotatable bonds is 2. The van der Waals surface area contributed by atoms with Gasteiger partial charge in [0.2, 0.25) is 0 Å². The van der Waals surface area contributed by atoms with Gasteiger partial charge in [-0.3, -0.25) is 4.39 Å². The number of halogens is 1. The van der Waals surface area contributed by atoms with Gasteiger partial charge in [-0.15, -0.1) is 0 Å². The van der Waals surface area contributed by atoms with Crippen LogP contribution in [-0.4, -0.2) is 12.4 Å². The van der Waals surface area contributed by atoms with Crippen LogP contribution in [0.4, 0.5) is 4.39 Å². The highest BCUT2D eigenvalue weighted by molar-refractivity contribution is 8.03. The van der Waals surface area contributed by atoms with Gasteiger partial charge in [-0.25, -0.2) is 0 Å². The SMILES string of the molecule is N#CSCCF. The van der Waals surface area contributed by atoms with Gasteiger partial charge in [0.05, 0.1) is 6.67 Å². The Morgan fingerprint density at radius 2 is 2.50 bits per heavy atom. The second kappa shape index (κ2) is 4.77. The maximum Gasteiger partial charge on any atom is 0.133 e. The molecule has 0 saturated heterocycles. The van der Waals surface area contributed by atoms with Crippen LogP contribution in [0.3, 0.4) is 0 Å². The van der Waals surface area contributed by atoms with E-state index >= 15 is 0 Å². The Hall–Kier alpha value is -0.230. The van der Waals surface area contributed by atoms with Gasteiger partial charge in [-0.1, -0.05) is 0 Å². The lowest BCUT2D eigenvalue weighted by Gasteiger charge is -1.74. The van der Waals surface area contributed by atoms with E-state index in [2.05, 4.69) is 0 Å². The van der Waals surface area contributed by atoms with Crippen LogP contribution in [0.15, 0.2) is 0 Å². The van der Waals surface area contributed by atoms with E-state index in [4.69, 9.17) is 5.26 Å². The molecule has 0 atom stereocenters. The molecule has 0 fully saturated rings. The average molecular weight is 105 g/mol. The van der Waals surface area contributed by atoms with Crippen molar-refractivity contribution in [3.8, 4) is 5.40 Å². The summed E-state index contributed by atoms with van der Waals surface area (Å²) >= 11 is 0.939. The number of thiocyanates is 1.